The average molecular weight is 647 g/mol. The van der Waals surface area contributed by atoms with Crippen LogP contribution in [0.5, 0.6) is 0 Å². The van der Waals surface area contributed by atoms with Crippen molar-refractivity contribution in [1.29, 1.82) is 0 Å². The summed E-state index contributed by atoms with van der Waals surface area (Å²) in [5, 5.41) is 0. The van der Waals surface area contributed by atoms with E-state index in [4.69, 9.17) is 0 Å². The molecule has 0 N–H and O–H groups in total. The molecule has 0 fully saturated rings. The summed E-state index contributed by atoms with van der Waals surface area (Å²) < 4.78 is 322. The van der Waals surface area contributed by atoms with Gasteiger partial charge in [-0.2, -0.15) is 101 Å². The van der Waals surface area contributed by atoms with Crippen LogP contribution < -0.4 is 0 Å². The van der Waals surface area contributed by atoms with E-state index in [2.05, 4.69) is 0 Å². The highest BCUT2D eigenvalue weighted by Crippen LogP contribution is 2.63. The van der Waals surface area contributed by atoms with Crippen molar-refractivity contribution < 1.29 is 110 Å². The van der Waals surface area contributed by atoms with Crippen molar-refractivity contribution in [3.8, 4) is 0 Å². The summed E-state index contributed by atoms with van der Waals surface area (Å²) in [6.45, 7) is 0. The van der Waals surface area contributed by atoms with Crippen LogP contribution in [-0.2, 0) is 0 Å². The molecular formula is C14H4F25. The Morgan fingerprint density at radius 2 is 0.590 bits per heavy atom. The maximum absolute atomic E-state index is 13.5. The van der Waals surface area contributed by atoms with Crippen LogP contribution in [0.4, 0.5) is 110 Å². The number of rotatable bonds is 12. The van der Waals surface area contributed by atoms with Crippen LogP contribution in [0.1, 0.15) is 12.8 Å². The van der Waals surface area contributed by atoms with Crippen molar-refractivity contribution in [3.63, 3.8) is 0 Å². The quantitative estimate of drug-likeness (QED) is 0.186. The van der Waals surface area contributed by atoms with Gasteiger partial charge in [0.2, 0.25) is 0 Å². The lowest BCUT2D eigenvalue weighted by atomic mass is 9.88. The third-order valence-corrected chi connectivity index (χ3v) is 4.45. The molecule has 0 aromatic carbocycles. The largest absolute Gasteiger partial charge is 0.460 e. The zero-order valence-electron chi connectivity index (χ0n) is 16.9. The lowest BCUT2D eigenvalue weighted by molar-refractivity contribution is -0.442. The third-order valence-electron chi connectivity index (χ3n) is 4.45. The molecule has 0 aliphatic rings. The summed E-state index contributed by atoms with van der Waals surface area (Å²) >= 11 is 0. The van der Waals surface area contributed by atoms with E-state index in [0.29, 0.717) is 0 Å². The van der Waals surface area contributed by atoms with Gasteiger partial charge in [-0.25, -0.2) is 8.78 Å². The summed E-state index contributed by atoms with van der Waals surface area (Å²) in [7, 11) is 0. The Bertz CT molecular complexity index is 858. The molecule has 1 radical (unpaired) electrons. The Hall–Kier alpha value is -1.75. The van der Waals surface area contributed by atoms with Crippen LogP contribution in [0, 0.1) is 6.43 Å². The van der Waals surface area contributed by atoms with Gasteiger partial charge in [-0.15, -0.1) is 0 Å². The Balaban J connectivity index is 6.53. The minimum absolute atomic E-state index is 4.83. The highest BCUT2D eigenvalue weighted by atomic mass is 19.4. The van der Waals surface area contributed by atoms with Gasteiger partial charge >= 0.3 is 65.9 Å². The predicted molar refractivity (Wildman–Crippen MR) is 70.2 cm³/mol. The lowest BCUT2D eigenvalue weighted by Crippen LogP contribution is -2.70. The molecule has 0 spiro atoms. The zero-order chi connectivity index (χ0) is 32.5. The van der Waals surface area contributed by atoms with E-state index in [9.17, 15) is 110 Å². The molecule has 0 nitrogen and oxygen atoms in total. The van der Waals surface area contributed by atoms with Crippen molar-refractivity contribution in [2.75, 3.05) is 0 Å². The minimum Gasteiger partial charge on any atom is -0.206 e. The molecule has 0 heterocycles. The second kappa shape index (κ2) is 9.39. The first-order valence-electron chi connectivity index (χ1n) is 8.39. The molecule has 0 bridgehead atoms. The second-order valence-corrected chi connectivity index (χ2v) is 7.40. The maximum Gasteiger partial charge on any atom is 0.460 e. The molecule has 0 aliphatic carbocycles. The van der Waals surface area contributed by atoms with Crippen molar-refractivity contribution in [2.24, 2.45) is 0 Å². The van der Waals surface area contributed by atoms with Gasteiger partial charge in [0.15, 0.2) is 0 Å². The summed E-state index contributed by atoms with van der Waals surface area (Å²) in [6.07, 6.45) is -22.8. The molecule has 0 atom stereocenters. The van der Waals surface area contributed by atoms with E-state index in [0.717, 1.165) is 0 Å². The number of halogens is 25. The molecule has 0 aromatic rings. The fourth-order valence-corrected chi connectivity index (χ4v) is 2.28. The first kappa shape index (κ1) is 37.2. The van der Waals surface area contributed by atoms with E-state index in [-0.39, 0.29) is 0 Å². The molecule has 0 aromatic heterocycles. The van der Waals surface area contributed by atoms with Crippen LogP contribution in [-0.4, -0.2) is 65.4 Å². The molecule has 0 saturated carbocycles. The van der Waals surface area contributed by atoms with Crippen LogP contribution in [0.2, 0.25) is 0 Å². The topological polar surface area (TPSA) is 0 Å². The van der Waals surface area contributed by atoms with Crippen molar-refractivity contribution in [3.05, 3.63) is 6.43 Å². The molecule has 0 rings (SSSR count). The smallest absolute Gasteiger partial charge is 0.206 e. The highest BCUT2D eigenvalue weighted by molar-refractivity contribution is 5.12. The van der Waals surface area contributed by atoms with Crippen molar-refractivity contribution >= 4 is 0 Å². The Morgan fingerprint density at radius 1 is 0.333 bits per heavy atom. The number of alkyl halides is 23. The molecule has 0 amide bonds. The Morgan fingerprint density at radius 3 is 0.846 bits per heavy atom. The minimum atomic E-state index is -8.74. The van der Waals surface area contributed by atoms with Crippen LogP contribution in [0.25, 0.3) is 0 Å². The number of hydrogen-bond acceptors (Lipinski definition) is 0. The predicted octanol–water partition coefficient (Wildman–Crippen LogP) is 9.11. The molecular weight excluding hydrogens is 643 g/mol. The average Bonchev–Trinajstić information content (AvgIpc) is 2.63. The molecule has 0 aliphatic heterocycles. The van der Waals surface area contributed by atoms with Crippen LogP contribution in [0.15, 0.2) is 0 Å². The summed E-state index contributed by atoms with van der Waals surface area (Å²) in [6, 6.07) is 0. The first-order valence-corrected chi connectivity index (χ1v) is 8.39. The van der Waals surface area contributed by atoms with E-state index >= 15 is 0 Å². The van der Waals surface area contributed by atoms with E-state index in [1.54, 1.807) is 0 Å². The third kappa shape index (κ3) is 5.46. The molecule has 235 valence electrons. The molecule has 39 heavy (non-hydrogen) atoms. The van der Waals surface area contributed by atoms with E-state index < -0.39 is 84.7 Å². The monoisotopic (exact) mass is 647 g/mol. The zero-order valence-corrected chi connectivity index (χ0v) is 16.9. The summed E-state index contributed by atoms with van der Waals surface area (Å²) in [5.74, 6) is -80.7. The van der Waals surface area contributed by atoms with Gasteiger partial charge in [0.25, 0.3) is 5.92 Å². The van der Waals surface area contributed by atoms with Crippen molar-refractivity contribution in [1.82, 2.24) is 0 Å². The van der Waals surface area contributed by atoms with Gasteiger partial charge in [-0.1, -0.05) is 0 Å². The Labute approximate surface area is 196 Å². The van der Waals surface area contributed by atoms with Crippen LogP contribution in [0.3, 0.4) is 0 Å². The molecule has 0 unspecified atom stereocenters. The fourth-order valence-electron chi connectivity index (χ4n) is 2.28. The SMILES string of the molecule is F[C](F)C(F)(F)C(F)(F)C(F)(F)C(F)(F)CC(F)(F)CC(F)(F)C(F)(F)C(F)(F)C(F)(F)C(F)(F)C(F)(F)F. The maximum atomic E-state index is 13.5. The van der Waals surface area contributed by atoms with E-state index in [1.807, 2.05) is 0 Å². The van der Waals surface area contributed by atoms with Crippen molar-refractivity contribution in [2.45, 2.75) is 78.2 Å². The lowest BCUT2D eigenvalue weighted by Gasteiger charge is -2.41. The van der Waals surface area contributed by atoms with Gasteiger partial charge in [0.1, 0.15) is 0 Å². The Kier molecular flexibility index (Phi) is 8.97. The molecule has 25 heteroatoms. The second-order valence-electron chi connectivity index (χ2n) is 7.40. The normalized spacial score (nSPS) is 16.8. The first-order chi connectivity index (χ1) is 16.4. The van der Waals surface area contributed by atoms with Gasteiger partial charge in [0.05, 0.1) is 12.8 Å². The van der Waals surface area contributed by atoms with E-state index in [1.165, 1.54) is 0 Å². The van der Waals surface area contributed by atoms with Crippen LogP contribution >= 0.6 is 0 Å². The fraction of sp³-hybridized carbons (Fsp3) is 0.929. The van der Waals surface area contributed by atoms with Gasteiger partial charge in [0, 0.05) is 0 Å². The summed E-state index contributed by atoms with van der Waals surface area (Å²) in [4.78, 5) is 0. The molecule has 0 saturated heterocycles. The van der Waals surface area contributed by atoms with Gasteiger partial charge < -0.3 is 0 Å². The number of hydrogen-bond donors (Lipinski definition) is 0. The highest BCUT2D eigenvalue weighted by Gasteiger charge is 2.91. The summed E-state index contributed by atoms with van der Waals surface area (Å²) in [5.41, 5.74) is 0. The standard InChI is InChI=1S/C14H4F25/c15-3(16)7(23,24)10(29,30)8(25,26)5(19,20)1-4(17,18)2-6(21,22)9(27,28)11(31,32)12(33,34)13(35,36)14(37,38)39/h1-2H2. The van der Waals surface area contributed by atoms with Gasteiger partial charge in [-0.3, -0.25) is 0 Å². The van der Waals surface area contributed by atoms with Gasteiger partial charge in [-0.05, 0) is 0 Å².